The van der Waals surface area contributed by atoms with Crippen molar-refractivity contribution in [3.8, 4) is 5.69 Å². The zero-order valence-electron chi connectivity index (χ0n) is 18.8. The van der Waals surface area contributed by atoms with Crippen LogP contribution in [-0.4, -0.2) is 13.4 Å². The van der Waals surface area contributed by atoms with Gasteiger partial charge in [0.25, 0.3) is 0 Å². The predicted molar refractivity (Wildman–Crippen MR) is 146 cm³/mol. The van der Waals surface area contributed by atoms with Gasteiger partial charge in [-0.15, -0.1) is 0 Å². The molecule has 0 aliphatic carbocycles. The molecule has 3 nitrogen and oxygen atoms in total. The van der Waals surface area contributed by atoms with Gasteiger partial charge in [-0.2, -0.15) is 0 Å². The molecule has 0 N–H and O–H groups in total. The molecule has 0 atom stereocenters. The fraction of sp³-hybridized carbons (Fsp3) is 0. The lowest BCUT2D eigenvalue weighted by molar-refractivity contribution is 1.18. The molecule has 0 aliphatic rings. The van der Waals surface area contributed by atoms with Crippen molar-refractivity contribution in [1.29, 1.82) is 0 Å². The molecule has 0 saturated heterocycles. The molecule has 0 saturated carbocycles. The highest BCUT2D eigenvalue weighted by atomic mass is 15.1. The summed E-state index contributed by atoms with van der Waals surface area (Å²) < 4.78 is 7.28. The molecule has 162 valence electrons. The molecule has 4 aromatic heterocycles. The van der Waals surface area contributed by atoms with Crippen LogP contribution in [0.15, 0.2) is 115 Å². The van der Waals surface area contributed by atoms with E-state index in [9.17, 15) is 0 Å². The second-order valence-electron chi connectivity index (χ2n) is 9.45. The van der Waals surface area contributed by atoms with Crippen LogP contribution in [-0.2, 0) is 0 Å². The molecule has 4 heterocycles. The molecule has 9 rings (SSSR count). The summed E-state index contributed by atoms with van der Waals surface area (Å²) in [6.45, 7) is 0. The van der Waals surface area contributed by atoms with Gasteiger partial charge in [-0.05, 0) is 48.5 Å². The van der Waals surface area contributed by atoms with Crippen molar-refractivity contribution >= 4 is 65.7 Å². The minimum absolute atomic E-state index is 1.19. The van der Waals surface area contributed by atoms with Crippen LogP contribution in [0.5, 0.6) is 0 Å². The zero-order chi connectivity index (χ0) is 22.7. The van der Waals surface area contributed by atoms with E-state index in [1.54, 1.807) is 0 Å². The van der Waals surface area contributed by atoms with Gasteiger partial charge in [0.2, 0.25) is 0 Å². The summed E-state index contributed by atoms with van der Waals surface area (Å²) in [5.74, 6) is 0. The van der Waals surface area contributed by atoms with E-state index in [0.717, 1.165) is 0 Å². The van der Waals surface area contributed by atoms with Crippen molar-refractivity contribution in [3.63, 3.8) is 0 Å². The molecule has 0 unspecified atom stereocenters. The second kappa shape index (κ2) is 6.02. The smallest absolute Gasteiger partial charge is 0.131 e. The molecule has 0 aliphatic heterocycles. The van der Waals surface area contributed by atoms with E-state index in [1.807, 2.05) is 0 Å². The summed E-state index contributed by atoms with van der Waals surface area (Å²) in [7, 11) is 0. The van der Waals surface area contributed by atoms with Gasteiger partial charge in [-0.3, -0.25) is 8.80 Å². The maximum atomic E-state index is 2.44. The van der Waals surface area contributed by atoms with E-state index < -0.39 is 0 Å². The molecular weight excluding hydrogens is 426 g/mol. The van der Waals surface area contributed by atoms with Gasteiger partial charge in [0.05, 0.1) is 33.1 Å². The van der Waals surface area contributed by atoms with Crippen LogP contribution in [0.1, 0.15) is 0 Å². The van der Waals surface area contributed by atoms with Crippen molar-refractivity contribution in [3.05, 3.63) is 115 Å². The summed E-state index contributed by atoms with van der Waals surface area (Å²) in [5.41, 5.74) is 9.96. The van der Waals surface area contributed by atoms with Crippen molar-refractivity contribution in [2.24, 2.45) is 0 Å². The lowest BCUT2D eigenvalue weighted by atomic mass is 10.1. The van der Waals surface area contributed by atoms with Gasteiger partial charge < -0.3 is 4.57 Å². The Morgan fingerprint density at radius 1 is 0.371 bits per heavy atom. The van der Waals surface area contributed by atoms with Crippen LogP contribution in [0.4, 0.5) is 0 Å². The van der Waals surface area contributed by atoms with Gasteiger partial charge >= 0.3 is 0 Å². The Kier molecular flexibility index (Phi) is 3.04. The minimum atomic E-state index is 1.19. The van der Waals surface area contributed by atoms with Gasteiger partial charge in [0.1, 0.15) is 5.65 Å². The Balaban J connectivity index is 1.50. The Morgan fingerprint density at radius 2 is 0.857 bits per heavy atom. The molecule has 0 bridgehead atoms. The number of rotatable bonds is 1. The van der Waals surface area contributed by atoms with Gasteiger partial charge in [-0.25, -0.2) is 0 Å². The van der Waals surface area contributed by atoms with E-state index >= 15 is 0 Å². The van der Waals surface area contributed by atoms with Crippen LogP contribution >= 0.6 is 0 Å². The number of hydrogen-bond donors (Lipinski definition) is 0. The number of benzene rings is 5. The van der Waals surface area contributed by atoms with E-state index in [4.69, 9.17) is 0 Å². The molecule has 35 heavy (non-hydrogen) atoms. The van der Waals surface area contributed by atoms with E-state index in [2.05, 4.69) is 129 Å². The fourth-order valence-corrected chi connectivity index (χ4v) is 6.41. The molecule has 3 heteroatoms. The third kappa shape index (κ3) is 2.00. The Bertz CT molecular complexity index is 2210. The van der Waals surface area contributed by atoms with Crippen LogP contribution in [0.25, 0.3) is 71.4 Å². The number of hydrogen-bond acceptors (Lipinski definition) is 0. The SMILES string of the molecule is c1ccc2c(c1)c1ccccc1n2-c1ccc2c(c1)c1c3ccccc3n3c4ccccc4n2c13. The van der Waals surface area contributed by atoms with E-state index in [-0.39, 0.29) is 0 Å². The summed E-state index contributed by atoms with van der Waals surface area (Å²) in [5, 5.41) is 6.51. The van der Waals surface area contributed by atoms with Crippen LogP contribution in [0.2, 0.25) is 0 Å². The fourth-order valence-electron chi connectivity index (χ4n) is 6.41. The summed E-state index contributed by atoms with van der Waals surface area (Å²) in [6.07, 6.45) is 0. The highest BCUT2D eigenvalue weighted by molar-refractivity contribution is 6.24. The summed E-state index contributed by atoms with van der Waals surface area (Å²) in [4.78, 5) is 0. The Hall–Kier alpha value is -4.76. The molecular formula is C32H19N3. The van der Waals surface area contributed by atoms with Crippen molar-refractivity contribution in [2.45, 2.75) is 0 Å². The van der Waals surface area contributed by atoms with Crippen LogP contribution in [0.3, 0.4) is 0 Å². The third-order valence-electron chi connectivity index (χ3n) is 7.75. The topological polar surface area (TPSA) is 13.8 Å². The monoisotopic (exact) mass is 445 g/mol. The number of aromatic nitrogens is 3. The average molecular weight is 446 g/mol. The average Bonchev–Trinajstić information content (AvgIpc) is 3.62. The second-order valence-corrected chi connectivity index (χ2v) is 9.45. The van der Waals surface area contributed by atoms with Crippen molar-refractivity contribution in [2.75, 3.05) is 0 Å². The first kappa shape index (κ1) is 17.7. The summed E-state index contributed by atoms with van der Waals surface area (Å²) >= 11 is 0. The Morgan fingerprint density at radius 3 is 1.49 bits per heavy atom. The molecule has 0 fully saturated rings. The van der Waals surface area contributed by atoms with Crippen molar-refractivity contribution in [1.82, 2.24) is 13.4 Å². The van der Waals surface area contributed by atoms with Crippen LogP contribution < -0.4 is 0 Å². The predicted octanol–water partition coefficient (Wildman–Crippen LogP) is 8.19. The zero-order valence-corrected chi connectivity index (χ0v) is 18.8. The lowest BCUT2D eigenvalue weighted by Crippen LogP contribution is -1.93. The van der Waals surface area contributed by atoms with E-state index in [1.165, 1.54) is 71.4 Å². The first-order chi connectivity index (χ1) is 17.4. The van der Waals surface area contributed by atoms with Gasteiger partial charge in [0.15, 0.2) is 0 Å². The molecule has 0 spiro atoms. The summed E-state index contributed by atoms with van der Waals surface area (Å²) in [6, 6.07) is 41.9. The first-order valence-electron chi connectivity index (χ1n) is 12.1. The lowest BCUT2D eigenvalue weighted by Gasteiger charge is -2.08. The molecule has 5 aromatic carbocycles. The number of nitrogens with zero attached hydrogens (tertiary/aromatic N) is 3. The largest absolute Gasteiger partial charge is 0.309 e. The number of para-hydroxylation sites is 5. The standard InChI is InChI=1S/C32H19N3/c1-4-12-25-21(9-1)22-10-2-5-13-26(22)33(25)20-17-18-28-24(19-20)31-23-11-3-6-14-27(23)34-29-15-7-8-16-30(29)35(28)32(31)34/h1-19H. The highest BCUT2D eigenvalue weighted by Gasteiger charge is 2.22. The maximum absolute atomic E-state index is 2.44. The number of imidazole rings is 1. The van der Waals surface area contributed by atoms with Crippen molar-refractivity contribution < 1.29 is 0 Å². The highest BCUT2D eigenvalue weighted by Crippen LogP contribution is 2.42. The molecule has 0 amide bonds. The third-order valence-corrected chi connectivity index (χ3v) is 7.75. The van der Waals surface area contributed by atoms with Gasteiger partial charge in [0, 0.05) is 32.6 Å². The molecule has 0 radical (unpaired) electrons. The number of fused-ring (bicyclic) bond motifs is 12. The Labute approximate surface area is 200 Å². The quantitative estimate of drug-likeness (QED) is 0.242. The van der Waals surface area contributed by atoms with Crippen LogP contribution in [0, 0.1) is 0 Å². The van der Waals surface area contributed by atoms with E-state index in [0.29, 0.717) is 0 Å². The first-order valence-corrected chi connectivity index (χ1v) is 12.1. The molecule has 9 aromatic rings. The normalized spacial score (nSPS) is 12.6. The minimum Gasteiger partial charge on any atom is -0.309 e. The van der Waals surface area contributed by atoms with Gasteiger partial charge in [-0.1, -0.05) is 66.7 Å². The maximum Gasteiger partial charge on any atom is 0.131 e.